The van der Waals surface area contributed by atoms with E-state index in [0.717, 1.165) is 47.3 Å². The molecule has 4 aromatic heterocycles. The summed E-state index contributed by atoms with van der Waals surface area (Å²) < 4.78 is 48.0. The van der Waals surface area contributed by atoms with Gasteiger partial charge in [0.2, 0.25) is 5.91 Å². The van der Waals surface area contributed by atoms with Gasteiger partial charge in [0.1, 0.15) is 11.5 Å². The summed E-state index contributed by atoms with van der Waals surface area (Å²) in [5, 5.41) is 11.2. The molecule has 1 aliphatic carbocycles. The molecule has 1 amide bonds. The van der Waals surface area contributed by atoms with Crippen molar-refractivity contribution in [1.29, 1.82) is 0 Å². The van der Waals surface area contributed by atoms with Crippen molar-refractivity contribution in [2.45, 2.75) is 58.8 Å². The van der Waals surface area contributed by atoms with Gasteiger partial charge in [-0.25, -0.2) is 9.97 Å². The number of amides is 1. The van der Waals surface area contributed by atoms with E-state index in [1.54, 1.807) is 24.7 Å². The lowest BCUT2D eigenvalue weighted by Crippen LogP contribution is -2.33. The fourth-order valence-corrected chi connectivity index (χ4v) is 6.47. The van der Waals surface area contributed by atoms with E-state index in [0.29, 0.717) is 23.8 Å². The fraction of sp³-hybridized carbons (Fsp3) is 0.433. The zero-order chi connectivity index (χ0) is 30.8. The number of carbonyl (C=O) groups excluding carboxylic acids is 1. The maximum Gasteiger partial charge on any atom is 0.413 e. The van der Waals surface area contributed by atoms with Gasteiger partial charge < -0.3 is 10.6 Å². The molecule has 44 heavy (non-hydrogen) atoms. The Kier molecular flexibility index (Phi) is 8.54. The monoisotopic (exact) mass is 625 g/mol. The highest BCUT2D eigenvalue weighted by Gasteiger charge is 2.35. The third-order valence-corrected chi connectivity index (χ3v) is 8.60. The zero-order valence-corrected chi connectivity index (χ0v) is 25.4. The van der Waals surface area contributed by atoms with Crippen molar-refractivity contribution in [3.8, 4) is 11.3 Å². The summed E-state index contributed by atoms with van der Waals surface area (Å²) in [6.07, 6.45) is 8.42. The largest absolute Gasteiger partial charge is 0.413 e. The van der Waals surface area contributed by atoms with Crippen LogP contribution in [0.1, 0.15) is 44.0 Å². The van der Waals surface area contributed by atoms with Gasteiger partial charge in [-0.2, -0.15) is 22.6 Å². The van der Waals surface area contributed by atoms with Gasteiger partial charge in [0.05, 0.1) is 29.5 Å². The second-order valence-electron chi connectivity index (χ2n) is 11.5. The van der Waals surface area contributed by atoms with Crippen LogP contribution in [0.15, 0.2) is 54.2 Å². The summed E-state index contributed by atoms with van der Waals surface area (Å²) in [6.45, 7) is 6.90. The van der Waals surface area contributed by atoms with E-state index in [-0.39, 0.29) is 25.1 Å². The first kappa shape index (κ1) is 30.0. The van der Waals surface area contributed by atoms with Crippen LogP contribution in [0.3, 0.4) is 0 Å². The SMILES string of the molecule is Cc1cn2c(-c3cnn(CC(=O)NCC4=C(C(F)(F)F)CCC=C4)c3)cnc2c(Nc2cc(CN3CCCC(C)C3)ns2)n1. The smallest absolute Gasteiger partial charge is 0.350 e. The van der Waals surface area contributed by atoms with Crippen molar-refractivity contribution >= 4 is 33.9 Å². The summed E-state index contributed by atoms with van der Waals surface area (Å²) in [4.78, 5) is 24.3. The number of fused-ring (bicyclic) bond motifs is 1. The predicted octanol–water partition coefficient (Wildman–Crippen LogP) is 5.66. The molecule has 5 heterocycles. The molecular weight excluding hydrogens is 591 g/mol. The highest BCUT2D eigenvalue weighted by Crippen LogP contribution is 2.34. The van der Waals surface area contributed by atoms with Gasteiger partial charge in [0.15, 0.2) is 11.5 Å². The molecule has 0 radical (unpaired) electrons. The van der Waals surface area contributed by atoms with Crippen LogP contribution in [-0.2, 0) is 17.9 Å². The minimum atomic E-state index is -4.41. The number of anilines is 2. The standard InChI is InChI=1S/C30H34F3N9OS/c1-19-6-5-9-40(14-19)17-23-10-27(44-39-23)38-28-29-35-13-25(42(29)15-20(2)37-28)22-12-36-41(16-22)18-26(43)34-11-21-7-3-4-8-24(21)30(31,32)33/h3,7,10,12-13,15-16,19H,4-6,8-9,11,14,17-18H2,1-2H3,(H,34,43)(H,37,38). The number of halogens is 3. The number of nitrogens with one attached hydrogen (secondary N) is 2. The van der Waals surface area contributed by atoms with Crippen LogP contribution >= 0.6 is 11.5 Å². The van der Waals surface area contributed by atoms with Crippen molar-refractivity contribution < 1.29 is 18.0 Å². The number of rotatable bonds is 9. The molecule has 1 saturated heterocycles. The van der Waals surface area contributed by atoms with Crippen molar-refractivity contribution in [1.82, 2.24) is 38.7 Å². The highest BCUT2D eigenvalue weighted by molar-refractivity contribution is 7.10. The molecule has 10 nitrogen and oxygen atoms in total. The Morgan fingerprint density at radius 1 is 1.23 bits per heavy atom. The average Bonchev–Trinajstić information content (AvgIpc) is 3.72. The Balaban J connectivity index is 1.13. The third kappa shape index (κ3) is 6.86. The number of imidazole rings is 1. The summed E-state index contributed by atoms with van der Waals surface area (Å²) >= 11 is 1.40. The Labute approximate surface area is 256 Å². The zero-order valence-electron chi connectivity index (χ0n) is 24.6. The van der Waals surface area contributed by atoms with Crippen LogP contribution in [-0.4, -0.2) is 65.1 Å². The second kappa shape index (κ2) is 12.5. The predicted molar refractivity (Wildman–Crippen MR) is 162 cm³/mol. The minimum absolute atomic E-state index is 0.0807. The molecule has 0 saturated carbocycles. The molecular formula is C30H34F3N9OS. The summed E-state index contributed by atoms with van der Waals surface area (Å²) in [5.74, 6) is 0.880. The fourth-order valence-electron chi connectivity index (χ4n) is 5.81. The molecule has 0 aromatic carbocycles. The normalized spacial score (nSPS) is 17.9. The molecule has 0 spiro atoms. The molecule has 1 fully saturated rings. The maximum atomic E-state index is 13.3. The van der Waals surface area contributed by atoms with Crippen molar-refractivity contribution in [3.63, 3.8) is 0 Å². The van der Waals surface area contributed by atoms with E-state index in [2.05, 4.69) is 48.0 Å². The number of carbonyl (C=O) groups is 1. The van der Waals surface area contributed by atoms with Crippen molar-refractivity contribution in [3.05, 3.63) is 65.5 Å². The maximum absolute atomic E-state index is 13.3. The number of hydrogen-bond donors (Lipinski definition) is 2. The number of hydrogen-bond acceptors (Lipinski definition) is 8. The van der Waals surface area contributed by atoms with Crippen LogP contribution in [0.2, 0.25) is 0 Å². The lowest BCUT2D eigenvalue weighted by Gasteiger charge is -2.30. The molecule has 14 heteroatoms. The van der Waals surface area contributed by atoms with Gasteiger partial charge in [-0.15, -0.1) is 0 Å². The molecule has 232 valence electrons. The molecule has 6 rings (SSSR count). The van der Waals surface area contributed by atoms with Gasteiger partial charge in [-0.3, -0.25) is 18.8 Å². The Morgan fingerprint density at radius 3 is 2.91 bits per heavy atom. The van der Waals surface area contributed by atoms with E-state index in [9.17, 15) is 18.0 Å². The Morgan fingerprint density at radius 2 is 2.09 bits per heavy atom. The number of likely N-dealkylation sites (tertiary alicyclic amines) is 1. The number of nitrogens with zero attached hydrogens (tertiary/aromatic N) is 7. The van der Waals surface area contributed by atoms with Crippen LogP contribution in [0.5, 0.6) is 0 Å². The molecule has 4 aromatic rings. The molecule has 1 unspecified atom stereocenters. The Bertz CT molecular complexity index is 1720. The van der Waals surface area contributed by atoms with E-state index >= 15 is 0 Å². The van der Waals surface area contributed by atoms with Crippen molar-refractivity contribution in [2.75, 3.05) is 25.0 Å². The van der Waals surface area contributed by atoms with Crippen molar-refractivity contribution in [2.24, 2.45) is 5.92 Å². The summed E-state index contributed by atoms with van der Waals surface area (Å²) in [6, 6.07) is 2.06. The number of piperidine rings is 1. The quantitative estimate of drug-likeness (QED) is 0.247. The molecule has 2 aliphatic rings. The number of allylic oxidation sites excluding steroid dienone is 2. The first-order valence-corrected chi connectivity index (χ1v) is 15.4. The first-order chi connectivity index (χ1) is 21.1. The third-order valence-electron chi connectivity index (χ3n) is 7.86. The Hall–Kier alpha value is -4.04. The van der Waals surface area contributed by atoms with Gasteiger partial charge in [-0.1, -0.05) is 19.1 Å². The minimum Gasteiger partial charge on any atom is -0.350 e. The van der Waals surface area contributed by atoms with Crippen LogP contribution < -0.4 is 10.6 Å². The highest BCUT2D eigenvalue weighted by atomic mass is 32.1. The summed E-state index contributed by atoms with van der Waals surface area (Å²) in [5.41, 5.74) is 3.43. The van der Waals surface area contributed by atoms with Gasteiger partial charge in [0.25, 0.3) is 0 Å². The molecule has 1 aliphatic heterocycles. The van der Waals surface area contributed by atoms with Crippen LogP contribution in [0.25, 0.3) is 16.9 Å². The second-order valence-corrected chi connectivity index (χ2v) is 12.3. The molecule has 1 atom stereocenters. The number of aromatic nitrogens is 6. The van der Waals surface area contributed by atoms with Crippen LogP contribution in [0, 0.1) is 12.8 Å². The first-order valence-electron chi connectivity index (χ1n) is 14.7. The molecule has 2 N–H and O–H groups in total. The van der Waals surface area contributed by atoms with Crippen LogP contribution in [0.4, 0.5) is 24.0 Å². The number of aryl methyl sites for hydroxylation is 1. The lowest BCUT2D eigenvalue weighted by atomic mass is 9.97. The topological polar surface area (TPSA) is 105 Å². The van der Waals surface area contributed by atoms with Gasteiger partial charge in [0, 0.05) is 43.2 Å². The van der Waals surface area contributed by atoms with E-state index in [1.165, 1.54) is 35.1 Å². The van der Waals surface area contributed by atoms with E-state index in [4.69, 9.17) is 0 Å². The lowest BCUT2D eigenvalue weighted by molar-refractivity contribution is -0.121. The summed E-state index contributed by atoms with van der Waals surface area (Å²) in [7, 11) is 0. The number of alkyl halides is 3. The van der Waals surface area contributed by atoms with E-state index in [1.807, 2.05) is 17.5 Å². The molecule has 0 bridgehead atoms. The van der Waals surface area contributed by atoms with Gasteiger partial charge in [-0.05, 0) is 68.2 Å². The van der Waals surface area contributed by atoms with Gasteiger partial charge >= 0.3 is 6.18 Å². The van der Waals surface area contributed by atoms with E-state index < -0.39 is 17.7 Å². The average molecular weight is 626 g/mol.